The molecule has 0 heterocycles. The molecule has 0 saturated heterocycles. The maximum absolute atomic E-state index is 10.6. The first kappa shape index (κ1) is 12.9. The molecule has 5 nitrogen and oxygen atoms in total. The first-order valence-corrected chi connectivity index (χ1v) is 5.62. The Balaban J connectivity index is 2.42. The molecule has 0 atom stereocenters. The Kier molecular flexibility index (Phi) is 3.66. The molecule has 0 bridgehead atoms. The van der Waals surface area contributed by atoms with Crippen LogP contribution in [0.2, 0.25) is 0 Å². The van der Waals surface area contributed by atoms with Crippen LogP contribution in [0.5, 0.6) is 11.5 Å². The van der Waals surface area contributed by atoms with Crippen LogP contribution in [-0.4, -0.2) is 19.1 Å². The summed E-state index contributed by atoms with van der Waals surface area (Å²) in [6.07, 6.45) is 0. The van der Waals surface area contributed by atoms with Gasteiger partial charge in [-0.1, -0.05) is 0 Å². The van der Waals surface area contributed by atoms with Gasteiger partial charge in [-0.25, -0.2) is 0 Å². The van der Waals surface area contributed by atoms with Gasteiger partial charge in [0.05, 0.1) is 19.1 Å². The Bertz CT molecular complexity index is 571. The van der Waals surface area contributed by atoms with Crippen molar-refractivity contribution in [2.75, 3.05) is 14.2 Å². The lowest BCUT2D eigenvalue weighted by Gasteiger charge is -2.08. The van der Waals surface area contributed by atoms with E-state index >= 15 is 0 Å². The third-order valence-corrected chi connectivity index (χ3v) is 2.76. The van der Waals surface area contributed by atoms with Crippen molar-refractivity contribution in [3.8, 4) is 22.6 Å². The molecule has 0 unspecified atom stereocenters. The SMILES string of the molecule is COc1cc(OC)cc(-c2ccc([N+](=O)[O-])cc2)c1. The molecule has 0 N–H and O–H groups in total. The van der Waals surface area contributed by atoms with E-state index in [1.807, 2.05) is 12.1 Å². The standard InChI is InChI=1S/C14H13NO4/c1-18-13-7-11(8-14(9-13)19-2)10-3-5-12(6-4-10)15(16)17/h3-9H,1-2H3. The lowest BCUT2D eigenvalue weighted by molar-refractivity contribution is -0.384. The van der Waals surface area contributed by atoms with Crippen LogP contribution in [0.15, 0.2) is 42.5 Å². The average Bonchev–Trinajstić information content (AvgIpc) is 2.46. The van der Waals surface area contributed by atoms with Gasteiger partial charge in [0.15, 0.2) is 0 Å². The molecule has 0 saturated carbocycles. The van der Waals surface area contributed by atoms with Crippen molar-refractivity contribution in [3.05, 3.63) is 52.6 Å². The fourth-order valence-corrected chi connectivity index (χ4v) is 1.75. The normalized spacial score (nSPS) is 10.0. The van der Waals surface area contributed by atoms with E-state index in [0.717, 1.165) is 11.1 Å². The zero-order chi connectivity index (χ0) is 13.8. The lowest BCUT2D eigenvalue weighted by atomic mass is 10.0. The molecule has 0 aliphatic rings. The Morgan fingerprint density at radius 1 is 0.895 bits per heavy atom. The number of benzene rings is 2. The highest BCUT2D eigenvalue weighted by Crippen LogP contribution is 2.30. The van der Waals surface area contributed by atoms with Gasteiger partial charge in [-0.3, -0.25) is 10.1 Å². The molecule has 2 aromatic carbocycles. The molecular weight excluding hydrogens is 246 g/mol. The van der Waals surface area contributed by atoms with Crippen LogP contribution in [0, 0.1) is 10.1 Å². The molecule has 0 aliphatic heterocycles. The van der Waals surface area contributed by atoms with Gasteiger partial charge >= 0.3 is 0 Å². The second-order valence-electron chi connectivity index (χ2n) is 3.91. The summed E-state index contributed by atoms with van der Waals surface area (Å²) in [5.41, 5.74) is 1.81. The van der Waals surface area contributed by atoms with E-state index in [-0.39, 0.29) is 5.69 Å². The smallest absolute Gasteiger partial charge is 0.269 e. The number of nitro benzene ring substituents is 1. The molecule has 2 aromatic rings. The molecule has 0 aliphatic carbocycles. The quantitative estimate of drug-likeness (QED) is 0.624. The number of ether oxygens (including phenoxy) is 2. The first-order valence-electron chi connectivity index (χ1n) is 5.62. The molecule has 98 valence electrons. The summed E-state index contributed by atoms with van der Waals surface area (Å²) >= 11 is 0. The molecular formula is C14H13NO4. The summed E-state index contributed by atoms with van der Waals surface area (Å²) < 4.78 is 10.4. The Morgan fingerprint density at radius 2 is 1.42 bits per heavy atom. The highest BCUT2D eigenvalue weighted by Gasteiger charge is 2.07. The van der Waals surface area contributed by atoms with Crippen LogP contribution < -0.4 is 9.47 Å². The maximum atomic E-state index is 10.6. The minimum Gasteiger partial charge on any atom is -0.497 e. The van der Waals surface area contributed by atoms with E-state index in [1.165, 1.54) is 12.1 Å². The zero-order valence-corrected chi connectivity index (χ0v) is 10.6. The molecule has 0 fully saturated rings. The van der Waals surface area contributed by atoms with Crippen LogP contribution in [0.3, 0.4) is 0 Å². The molecule has 0 radical (unpaired) electrons. The molecule has 19 heavy (non-hydrogen) atoms. The van der Waals surface area contributed by atoms with E-state index in [0.29, 0.717) is 11.5 Å². The zero-order valence-electron chi connectivity index (χ0n) is 10.6. The number of methoxy groups -OCH3 is 2. The van der Waals surface area contributed by atoms with Gasteiger partial charge in [-0.2, -0.15) is 0 Å². The van der Waals surface area contributed by atoms with Gasteiger partial charge in [0, 0.05) is 18.2 Å². The Hall–Kier alpha value is -2.56. The van der Waals surface area contributed by atoms with Crippen LogP contribution >= 0.6 is 0 Å². The van der Waals surface area contributed by atoms with Crippen molar-refractivity contribution < 1.29 is 14.4 Å². The third-order valence-electron chi connectivity index (χ3n) is 2.76. The van der Waals surface area contributed by atoms with Crippen molar-refractivity contribution in [1.82, 2.24) is 0 Å². The highest BCUT2D eigenvalue weighted by atomic mass is 16.6. The number of nitro groups is 1. The fourth-order valence-electron chi connectivity index (χ4n) is 1.75. The van der Waals surface area contributed by atoms with E-state index in [2.05, 4.69) is 0 Å². The van der Waals surface area contributed by atoms with Crippen LogP contribution in [0.1, 0.15) is 0 Å². The third kappa shape index (κ3) is 2.82. The summed E-state index contributed by atoms with van der Waals surface area (Å²) in [7, 11) is 3.16. The monoisotopic (exact) mass is 259 g/mol. The fraction of sp³-hybridized carbons (Fsp3) is 0.143. The molecule has 2 rings (SSSR count). The van der Waals surface area contributed by atoms with Crippen molar-refractivity contribution in [3.63, 3.8) is 0 Å². The van der Waals surface area contributed by atoms with E-state index < -0.39 is 4.92 Å². The minimum atomic E-state index is -0.421. The highest BCUT2D eigenvalue weighted by molar-refractivity contribution is 5.68. The second kappa shape index (κ2) is 5.39. The van der Waals surface area contributed by atoms with Crippen LogP contribution in [-0.2, 0) is 0 Å². The van der Waals surface area contributed by atoms with Crippen LogP contribution in [0.25, 0.3) is 11.1 Å². The van der Waals surface area contributed by atoms with Gasteiger partial charge in [0.25, 0.3) is 5.69 Å². The van der Waals surface area contributed by atoms with Crippen molar-refractivity contribution in [2.24, 2.45) is 0 Å². The molecule has 0 spiro atoms. The van der Waals surface area contributed by atoms with Gasteiger partial charge in [-0.05, 0) is 35.4 Å². The number of hydrogen-bond acceptors (Lipinski definition) is 4. The predicted molar refractivity (Wildman–Crippen MR) is 71.6 cm³/mol. The molecule has 5 heteroatoms. The molecule has 0 aromatic heterocycles. The first-order chi connectivity index (χ1) is 9.13. The van der Waals surface area contributed by atoms with E-state index in [9.17, 15) is 10.1 Å². The maximum Gasteiger partial charge on any atom is 0.269 e. The summed E-state index contributed by atoms with van der Waals surface area (Å²) in [5, 5.41) is 10.6. The lowest BCUT2D eigenvalue weighted by Crippen LogP contribution is -1.90. The van der Waals surface area contributed by atoms with Gasteiger partial charge in [0.1, 0.15) is 11.5 Å². The number of nitrogens with zero attached hydrogens (tertiary/aromatic N) is 1. The van der Waals surface area contributed by atoms with Gasteiger partial charge in [-0.15, -0.1) is 0 Å². The average molecular weight is 259 g/mol. The summed E-state index contributed by atoms with van der Waals surface area (Å²) in [4.78, 5) is 10.2. The van der Waals surface area contributed by atoms with Crippen molar-refractivity contribution in [2.45, 2.75) is 0 Å². The van der Waals surface area contributed by atoms with E-state index in [1.54, 1.807) is 32.4 Å². The van der Waals surface area contributed by atoms with Crippen molar-refractivity contribution >= 4 is 5.69 Å². The largest absolute Gasteiger partial charge is 0.497 e. The number of rotatable bonds is 4. The topological polar surface area (TPSA) is 61.6 Å². The van der Waals surface area contributed by atoms with Gasteiger partial charge < -0.3 is 9.47 Å². The summed E-state index contributed by atoms with van der Waals surface area (Å²) in [5.74, 6) is 1.35. The van der Waals surface area contributed by atoms with E-state index in [4.69, 9.17) is 9.47 Å². The summed E-state index contributed by atoms with van der Waals surface area (Å²) in [6.45, 7) is 0. The number of hydrogen-bond donors (Lipinski definition) is 0. The van der Waals surface area contributed by atoms with Crippen molar-refractivity contribution in [1.29, 1.82) is 0 Å². The minimum absolute atomic E-state index is 0.0682. The predicted octanol–water partition coefficient (Wildman–Crippen LogP) is 3.28. The Labute approximate surface area is 110 Å². The van der Waals surface area contributed by atoms with Gasteiger partial charge in [0.2, 0.25) is 0 Å². The number of non-ortho nitro benzene ring substituents is 1. The Morgan fingerprint density at radius 3 is 1.84 bits per heavy atom. The second-order valence-corrected chi connectivity index (χ2v) is 3.91. The summed E-state index contributed by atoms with van der Waals surface area (Å²) in [6, 6.07) is 11.8. The molecule has 0 amide bonds. The van der Waals surface area contributed by atoms with Crippen LogP contribution in [0.4, 0.5) is 5.69 Å².